The van der Waals surface area contributed by atoms with Crippen LogP contribution in [0.5, 0.6) is 0 Å². The zero-order valence-electron chi connectivity index (χ0n) is 5.91. The molecule has 2 aliphatic heterocycles. The van der Waals surface area contributed by atoms with Crippen molar-refractivity contribution in [2.24, 2.45) is 5.92 Å². The second kappa shape index (κ2) is 2.86. The van der Waals surface area contributed by atoms with E-state index in [0.717, 1.165) is 33.0 Å². The third-order valence-corrected chi connectivity index (χ3v) is 1.77. The summed E-state index contributed by atoms with van der Waals surface area (Å²) in [7, 11) is 0. The van der Waals surface area contributed by atoms with Crippen molar-refractivity contribution in [1.82, 2.24) is 0 Å². The van der Waals surface area contributed by atoms with Gasteiger partial charge in [0, 0.05) is 5.92 Å². The van der Waals surface area contributed by atoms with Gasteiger partial charge in [0.25, 0.3) is 0 Å². The monoisotopic (exact) mass is 144 g/mol. The highest BCUT2D eigenvalue weighted by Crippen LogP contribution is 2.12. The number of hydrogen-bond donors (Lipinski definition) is 0. The van der Waals surface area contributed by atoms with Crippen molar-refractivity contribution in [3.63, 3.8) is 0 Å². The summed E-state index contributed by atoms with van der Waals surface area (Å²) in [6.07, 6.45) is 0.404. The SMILES string of the molecule is C1OCC1COCC1CO1. The summed E-state index contributed by atoms with van der Waals surface area (Å²) in [5.74, 6) is 0.652. The first-order chi connectivity index (χ1) is 4.95. The van der Waals surface area contributed by atoms with E-state index in [1.165, 1.54) is 0 Å². The van der Waals surface area contributed by atoms with Crippen LogP contribution < -0.4 is 0 Å². The molecular formula is C7H12O3. The fourth-order valence-corrected chi connectivity index (χ4v) is 0.911. The second-order valence-electron chi connectivity index (χ2n) is 2.90. The van der Waals surface area contributed by atoms with Crippen molar-refractivity contribution in [3.05, 3.63) is 0 Å². The first-order valence-electron chi connectivity index (χ1n) is 3.72. The molecule has 0 aliphatic carbocycles. The smallest absolute Gasteiger partial charge is 0.104 e. The molecule has 3 heteroatoms. The summed E-state index contributed by atoms with van der Waals surface area (Å²) in [5.41, 5.74) is 0. The van der Waals surface area contributed by atoms with Gasteiger partial charge in [0.15, 0.2) is 0 Å². The van der Waals surface area contributed by atoms with Gasteiger partial charge in [-0.2, -0.15) is 0 Å². The Morgan fingerprint density at radius 2 is 2.00 bits per heavy atom. The lowest BCUT2D eigenvalue weighted by atomic mass is 10.1. The molecule has 0 aromatic rings. The second-order valence-corrected chi connectivity index (χ2v) is 2.90. The van der Waals surface area contributed by atoms with Crippen LogP contribution in [0.3, 0.4) is 0 Å². The summed E-state index contributed by atoms with van der Waals surface area (Å²) in [6.45, 7) is 4.27. The zero-order chi connectivity index (χ0) is 6.81. The molecule has 0 radical (unpaired) electrons. The van der Waals surface area contributed by atoms with E-state index >= 15 is 0 Å². The Bertz CT molecular complexity index is 107. The average Bonchev–Trinajstić information content (AvgIpc) is 2.58. The lowest BCUT2D eigenvalue weighted by molar-refractivity contribution is -0.0728. The maximum atomic E-state index is 5.36. The molecule has 2 saturated heterocycles. The molecule has 0 saturated carbocycles. The normalized spacial score (nSPS) is 31.8. The molecule has 0 amide bonds. The fourth-order valence-electron chi connectivity index (χ4n) is 0.911. The summed E-state index contributed by atoms with van der Waals surface area (Å²) < 4.78 is 15.3. The van der Waals surface area contributed by atoms with E-state index in [4.69, 9.17) is 14.2 Å². The standard InChI is InChI=1S/C7H12O3/c1-6(2-8-1)3-9-4-7-5-10-7/h6-7H,1-5H2. The molecule has 58 valence electrons. The van der Waals surface area contributed by atoms with Gasteiger partial charge in [-0.1, -0.05) is 0 Å². The third kappa shape index (κ3) is 1.68. The Hall–Kier alpha value is -0.120. The third-order valence-electron chi connectivity index (χ3n) is 1.77. The van der Waals surface area contributed by atoms with Gasteiger partial charge in [-0.15, -0.1) is 0 Å². The molecule has 0 N–H and O–H groups in total. The lowest BCUT2D eigenvalue weighted by Crippen LogP contribution is -2.32. The number of epoxide rings is 1. The van der Waals surface area contributed by atoms with Gasteiger partial charge < -0.3 is 14.2 Å². The van der Waals surface area contributed by atoms with Crippen LogP contribution in [0.25, 0.3) is 0 Å². The molecular weight excluding hydrogens is 132 g/mol. The van der Waals surface area contributed by atoms with Crippen molar-refractivity contribution < 1.29 is 14.2 Å². The van der Waals surface area contributed by atoms with Crippen LogP contribution in [0.4, 0.5) is 0 Å². The van der Waals surface area contributed by atoms with E-state index in [0.29, 0.717) is 12.0 Å². The van der Waals surface area contributed by atoms with Gasteiger partial charge >= 0.3 is 0 Å². The maximum Gasteiger partial charge on any atom is 0.104 e. The Balaban J connectivity index is 1.46. The van der Waals surface area contributed by atoms with Crippen molar-refractivity contribution in [2.75, 3.05) is 33.0 Å². The lowest BCUT2D eigenvalue weighted by Gasteiger charge is -2.25. The molecule has 2 rings (SSSR count). The quantitative estimate of drug-likeness (QED) is 0.522. The first-order valence-corrected chi connectivity index (χ1v) is 3.72. The van der Waals surface area contributed by atoms with Crippen molar-refractivity contribution in [2.45, 2.75) is 6.10 Å². The molecule has 0 bridgehead atoms. The van der Waals surface area contributed by atoms with Crippen molar-refractivity contribution in [1.29, 1.82) is 0 Å². The minimum atomic E-state index is 0.404. The van der Waals surface area contributed by atoms with Gasteiger partial charge in [-0.05, 0) is 0 Å². The zero-order valence-corrected chi connectivity index (χ0v) is 5.91. The van der Waals surface area contributed by atoms with Gasteiger partial charge in [-0.25, -0.2) is 0 Å². The van der Waals surface area contributed by atoms with Crippen LogP contribution in [0, 0.1) is 5.92 Å². The molecule has 0 aromatic carbocycles. The van der Waals surface area contributed by atoms with Crippen LogP contribution in [0.2, 0.25) is 0 Å². The summed E-state index contributed by atoms with van der Waals surface area (Å²) >= 11 is 0. The van der Waals surface area contributed by atoms with Crippen molar-refractivity contribution >= 4 is 0 Å². The summed E-state index contributed by atoms with van der Waals surface area (Å²) in [4.78, 5) is 0. The predicted octanol–water partition coefficient (Wildman–Crippen LogP) is 0.0482. The minimum absolute atomic E-state index is 0.404. The van der Waals surface area contributed by atoms with E-state index < -0.39 is 0 Å². The number of rotatable bonds is 4. The van der Waals surface area contributed by atoms with Crippen LogP contribution in [-0.4, -0.2) is 39.1 Å². The highest BCUT2D eigenvalue weighted by molar-refractivity contribution is 4.69. The molecule has 10 heavy (non-hydrogen) atoms. The molecule has 0 aromatic heterocycles. The molecule has 0 spiro atoms. The summed E-state index contributed by atoms with van der Waals surface area (Å²) in [6, 6.07) is 0. The molecule has 1 unspecified atom stereocenters. The van der Waals surface area contributed by atoms with Crippen LogP contribution in [-0.2, 0) is 14.2 Å². The largest absolute Gasteiger partial charge is 0.381 e. The van der Waals surface area contributed by atoms with E-state index in [9.17, 15) is 0 Å². The van der Waals surface area contributed by atoms with Crippen LogP contribution in [0.15, 0.2) is 0 Å². The Kier molecular flexibility index (Phi) is 1.88. The first kappa shape index (κ1) is 6.58. The molecule has 2 fully saturated rings. The van der Waals surface area contributed by atoms with E-state index in [1.807, 2.05) is 0 Å². The van der Waals surface area contributed by atoms with Gasteiger partial charge in [-0.3, -0.25) is 0 Å². The average molecular weight is 144 g/mol. The Labute approximate surface area is 60.3 Å². The highest BCUT2D eigenvalue weighted by Gasteiger charge is 2.24. The number of ether oxygens (including phenoxy) is 3. The van der Waals surface area contributed by atoms with Gasteiger partial charge in [0.1, 0.15) is 6.10 Å². The van der Waals surface area contributed by atoms with Gasteiger partial charge in [0.2, 0.25) is 0 Å². The van der Waals surface area contributed by atoms with E-state index in [1.54, 1.807) is 0 Å². The predicted molar refractivity (Wildman–Crippen MR) is 34.9 cm³/mol. The summed E-state index contributed by atoms with van der Waals surface area (Å²) in [5, 5.41) is 0. The van der Waals surface area contributed by atoms with E-state index in [-0.39, 0.29) is 0 Å². The molecule has 1 atom stereocenters. The van der Waals surface area contributed by atoms with E-state index in [2.05, 4.69) is 0 Å². The number of hydrogen-bond acceptors (Lipinski definition) is 3. The van der Waals surface area contributed by atoms with Crippen LogP contribution >= 0.6 is 0 Å². The van der Waals surface area contributed by atoms with Crippen molar-refractivity contribution in [3.8, 4) is 0 Å². The fraction of sp³-hybridized carbons (Fsp3) is 1.00. The molecule has 2 aliphatic rings. The van der Waals surface area contributed by atoms with Gasteiger partial charge in [0.05, 0.1) is 33.0 Å². The minimum Gasteiger partial charge on any atom is -0.381 e. The molecule has 2 heterocycles. The maximum absolute atomic E-state index is 5.36. The van der Waals surface area contributed by atoms with Crippen LogP contribution in [0.1, 0.15) is 0 Å². The molecule has 3 nitrogen and oxygen atoms in total. The highest BCUT2D eigenvalue weighted by atomic mass is 16.6. The Morgan fingerprint density at radius 1 is 1.20 bits per heavy atom. The topological polar surface area (TPSA) is 31.0 Å². The Morgan fingerprint density at radius 3 is 2.50 bits per heavy atom.